The smallest absolute Gasteiger partial charge is 0.129 e. The quantitative estimate of drug-likeness (QED) is 0.655. The van der Waals surface area contributed by atoms with Gasteiger partial charge in [0.2, 0.25) is 0 Å². The molecular formula is C10H9N3. The van der Waals surface area contributed by atoms with Gasteiger partial charge in [-0.3, -0.25) is 0 Å². The van der Waals surface area contributed by atoms with Crippen molar-refractivity contribution < 1.29 is 0 Å². The number of hydrogen-bond acceptors (Lipinski definition) is 2. The van der Waals surface area contributed by atoms with Crippen LogP contribution < -0.4 is 5.73 Å². The zero-order valence-electron chi connectivity index (χ0n) is 7.28. The fourth-order valence-corrected chi connectivity index (χ4v) is 1.50. The van der Waals surface area contributed by atoms with Crippen LogP contribution in [-0.2, 0) is 0 Å². The Morgan fingerprint density at radius 2 is 2.23 bits per heavy atom. The Balaban J connectivity index is 3.00. The summed E-state index contributed by atoms with van der Waals surface area (Å²) >= 11 is 0. The number of fused-ring (bicyclic) bond motifs is 1. The van der Waals surface area contributed by atoms with E-state index in [1.807, 2.05) is 35.7 Å². The molecule has 0 amide bonds. The van der Waals surface area contributed by atoms with Crippen molar-refractivity contribution in [2.24, 2.45) is 0 Å². The zero-order chi connectivity index (χ0) is 9.42. The first kappa shape index (κ1) is 7.69. The van der Waals surface area contributed by atoms with E-state index in [2.05, 4.69) is 6.07 Å². The minimum atomic E-state index is 0.619. The van der Waals surface area contributed by atoms with Crippen molar-refractivity contribution >= 4 is 11.2 Å². The van der Waals surface area contributed by atoms with Gasteiger partial charge in [0.15, 0.2) is 0 Å². The van der Waals surface area contributed by atoms with E-state index >= 15 is 0 Å². The molecule has 2 heterocycles. The van der Waals surface area contributed by atoms with E-state index in [-0.39, 0.29) is 0 Å². The van der Waals surface area contributed by atoms with Gasteiger partial charge < -0.3 is 10.1 Å². The Hall–Kier alpha value is -1.95. The summed E-state index contributed by atoms with van der Waals surface area (Å²) in [4.78, 5) is 0. The van der Waals surface area contributed by atoms with Gasteiger partial charge in [0.25, 0.3) is 0 Å². The van der Waals surface area contributed by atoms with E-state index in [1.54, 1.807) is 0 Å². The lowest BCUT2D eigenvalue weighted by molar-refractivity contribution is 1.14. The summed E-state index contributed by atoms with van der Waals surface area (Å²) in [6.45, 7) is 1.86. The number of nitrogens with two attached hydrogens (primary N) is 1. The number of nitriles is 1. The first-order valence-electron chi connectivity index (χ1n) is 4.01. The highest BCUT2D eigenvalue weighted by Crippen LogP contribution is 2.24. The van der Waals surface area contributed by atoms with Crippen LogP contribution in [0.5, 0.6) is 0 Å². The molecule has 0 aliphatic heterocycles. The standard InChI is InChI=1S/C10H9N3/c1-7-9(6-11)13-5-3-2-4-8(13)10(7)12/h2-5H,12H2,1H3. The Morgan fingerprint density at radius 1 is 1.46 bits per heavy atom. The molecule has 2 aromatic rings. The van der Waals surface area contributed by atoms with E-state index in [9.17, 15) is 0 Å². The summed E-state index contributed by atoms with van der Waals surface area (Å²) in [5.74, 6) is 0. The maximum atomic E-state index is 8.90. The van der Waals surface area contributed by atoms with E-state index in [0.29, 0.717) is 11.4 Å². The number of rotatable bonds is 0. The van der Waals surface area contributed by atoms with Crippen LogP contribution in [0, 0.1) is 18.3 Å². The van der Waals surface area contributed by atoms with Gasteiger partial charge in [0.05, 0.1) is 11.2 Å². The molecule has 0 aromatic carbocycles. The summed E-state index contributed by atoms with van der Waals surface area (Å²) in [5, 5.41) is 8.90. The molecular weight excluding hydrogens is 162 g/mol. The van der Waals surface area contributed by atoms with Gasteiger partial charge in [0, 0.05) is 11.8 Å². The highest BCUT2D eigenvalue weighted by molar-refractivity contribution is 5.77. The lowest BCUT2D eigenvalue weighted by Gasteiger charge is -1.93. The van der Waals surface area contributed by atoms with Crippen LogP contribution in [0.25, 0.3) is 5.52 Å². The predicted molar refractivity (Wildman–Crippen MR) is 51.3 cm³/mol. The molecule has 0 bridgehead atoms. The molecule has 2 N–H and O–H groups in total. The molecule has 3 nitrogen and oxygen atoms in total. The van der Waals surface area contributed by atoms with Gasteiger partial charge in [0.1, 0.15) is 11.8 Å². The van der Waals surface area contributed by atoms with Crippen molar-refractivity contribution in [2.45, 2.75) is 6.92 Å². The molecule has 0 aliphatic carbocycles. The number of nitrogens with zero attached hydrogens (tertiary/aromatic N) is 2. The molecule has 3 heteroatoms. The first-order valence-corrected chi connectivity index (χ1v) is 4.01. The molecule has 0 spiro atoms. The van der Waals surface area contributed by atoms with Crippen LogP contribution in [0.15, 0.2) is 24.4 Å². The van der Waals surface area contributed by atoms with Gasteiger partial charge in [-0.25, -0.2) is 0 Å². The van der Waals surface area contributed by atoms with Gasteiger partial charge in [-0.2, -0.15) is 5.26 Å². The molecule has 0 saturated heterocycles. The average Bonchev–Trinajstić information content (AvgIpc) is 2.41. The first-order chi connectivity index (χ1) is 6.25. The number of hydrogen-bond donors (Lipinski definition) is 1. The third-order valence-corrected chi connectivity index (χ3v) is 2.24. The molecule has 2 aromatic heterocycles. The van der Waals surface area contributed by atoms with Gasteiger partial charge >= 0.3 is 0 Å². The fourth-order valence-electron chi connectivity index (χ4n) is 1.50. The minimum absolute atomic E-state index is 0.619. The highest BCUT2D eigenvalue weighted by atomic mass is 14.9. The molecule has 0 saturated carbocycles. The van der Waals surface area contributed by atoms with Crippen molar-refractivity contribution in [3.63, 3.8) is 0 Å². The second-order valence-electron chi connectivity index (χ2n) is 2.95. The molecule has 0 fully saturated rings. The average molecular weight is 171 g/mol. The molecule has 0 atom stereocenters. The lowest BCUT2D eigenvalue weighted by Crippen LogP contribution is -1.86. The van der Waals surface area contributed by atoms with E-state index in [1.165, 1.54) is 0 Å². The Bertz CT molecular complexity index is 503. The van der Waals surface area contributed by atoms with Crippen LogP contribution in [0.2, 0.25) is 0 Å². The van der Waals surface area contributed by atoms with Crippen LogP contribution in [0.4, 0.5) is 5.69 Å². The Labute approximate surface area is 76.0 Å². The zero-order valence-corrected chi connectivity index (χ0v) is 7.28. The topological polar surface area (TPSA) is 54.2 Å². The van der Waals surface area contributed by atoms with Crippen molar-refractivity contribution in [3.05, 3.63) is 35.7 Å². The molecule has 0 radical (unpaired) electrons. The summed E-state index contributed by atoms with van der Waals surface area (Å²) in [5.41, 5.74) is 8.91. The normalized spacial score (nSPS) is 10.2. The van der Waals surface area contributed by atoms with Crippen LogP contribution in [0.1, 0.15) is 11.3 Å². The maximum Gasteiger partial charge on any atom is 0.129 e. The van der Waals surface area contributed by atoms with E-state index in [4.69, 9.17) is 11.0 Å². The third kappa shape index (κ3) is 0.890. The van der Waals surface area contributed by atoms with Gasteiger partial charge in [-0.05, 0) is 19.1 Å². The van der Waals surface area contributed by atoms with Crippen LogP contribution in [-0.4, -0.2) is 4.40 Å². The summed E-state index contributed by atoms with van der Waals surface area (Å²) < 4.78 is 1.81. The minimum Gasteiger partial charge on any atom is -0.397 e. The number of anilines is 1. The van der Waals surface area contributed by atoms with Gasteiger partial charge in [-0.15, -0.1) is 0 Å². The predicted octanol–water partition coefficient (Wildman–Crippen LogP) is 1.70. The SMILES string of the molecule is Cc1c(N)c2ccccn2c1C#N. The second-order valence-corrected chi connectivity index (χ2v) is 2.95. The maximum absolute atomic E-state index is 8.90. The number of nitrogen functional groups attached to an aromatic ring is 1. The summed E-state index contributed by atoms with van der Waals surface area (Å²) in [7, 11) is 0. The van der Waals surface area contributed by atoms with Crippen LogP contribution >= 0.6 is 0 Å². The van der Waals surface area contributed by atoms with Crippen molar-refractivity contribution in [2.75, 3.05) is 5.73 Å². The largest absolute Gasteiger partial charge is 0.397 e. The Kier molecular flexibility index (Phi) is 1.49. The number of aromatic nitrogens is 1. The lowest BCUT2D eigenvalue weighted by atomic mass is 10.2. The highest BCUT2D eigenvalue weighted by Gasteiger charge is 2.10. The summed E-state index contributed by atoms with van der Waals surface area (Å²) in [6.07, 6.45) is 1.84. The molecule has 64 valence electrons. The molecule has 2 rings (SSSR count). The van der Waals surface area contributed by atoms with Crippen LogP contribution in [0.3, 0.4) is 0 Å². The molecule has 13 heavy (non-hydrogen) atoms. The monoisotopic (exact) mass is 171 g/mol. The molecule has 0 aliphatic rings. The van der Waals surface area contributed by atoms with Crippen molar-refractivity contribution in [1.82, 2.24) is 4.40 Å². The number of pyridine rings is 1. The fraction of sp³-hybridized carbons (Fsp3) is 0.100. The van der Waals surface area contributed by atoms with E-state index in [0.717, 1.165) is 11.1 Å². The van der Waals surface area contributed by atoms with E-state index < -0.39 is 0 Å². The third-order valence-electron chi connectivity index (χ3n) is 2.24. The van der Waals surface area contributed by atoms with Gasteiger partial charge in [-0.1, -0.05) is 6.07 Å². The van der Waals surface area contributed by atoms with Crippen molar-refractivity contribution in [3.8, 4) is 6.07 Å². The second kappa shape index (κ2) is 2.53. The Morgan fingerprint density at radius 3 is 2.92 bits per heavy atom. The van der Waals surface area contributed by atoms with Crippen molar-refractivity contribution in [1.29, 1.82) is 5.26 Å². The molecule has 0 unspecified atom stereocenters. The summed E-state index contributed by atoms with van der Waals surface area (Å²) in [6, 6.07) is 7.84.